The van der Waals surface area contributed by atoms with Crippen LogP contribution in [0.2, 0.25) is 0 Å². The monoisotopic (exact) mass is 212 g/mol. The molecule has 1 atom stereocenters. The molecule has 14 heavy (non-hydrogen) atoms. The summed E-state index contributed by atoms with van der Waals surface area (Å²) in [5, 5.41) is 0. The molecular formula is C13H24S. The van der Waals surface area contributed by atoms with Crippen molar-refractivity contribution >= 4 is 17.1 Å². The van der Waals surface area contributed by atoms with E-state index < -0.39 is 0 Å². The van der Waals surface area contributed by atoms with Crippen LogP contribution in [-0.4, -0.2) is 4.86 Å². The van der Waals surface area contributed by atoms with Crippen molar-refractivity contribution in [1.29, 1.82) is 0 Å². The summed E-state index contributed by atoms with van der Waals surface area (Å²) >= 11 is 5.19. The molecule has 0 aromatic rings. The highest BCUT2D eigenvalue weighted by atomic mass is 32.1. The van der Waals surface area contributed by atoms with Crippen molar-refractivity contribution in [3.8, 4) is 0 Å². The molecule has 0 saturated heterocycles. The zero-order valence-corrected chi connectivity index (χ0v) is 11.0. The zero-order valence-electron chi connectivity index (χ0n) is 10.2. The first-order valence-electron chi connectivity index (χ1n) is 5.53. The second kappa shape index (κ2) is 6.34. The SMILES string of the molecule is C=C(C)CCCC(C)(CC)CC(C)=S. The molecule has 0 N–H and O–H groups in total. The molecule has 0 saturated carbocycles. The van der Waals surface area contributed by atoms with E-state index in [0.29, 0.717) is 5.41 Å². The maximum Gasteiger partial charge on any atom is -0.00971 e. The van der Waals surface area contributed by atoms with Crippen LogP contribution in [0.25, 0.3) is 0 Å². The standard InChI is InChI=1S/C13H24S/c1-6-13(5,10-12(4)14)9-7-8-11(2)3/h2,6-10H2,1,3-5H3. The van der Waals surface area contributed by atoms with E-state index in [-0.39, 0.29) is 0 Å². The highest BCUT2D eigenvalue weighted by Gasteiger charge is 2.21. The van der Waals surface area contributed by atoms with Gasteiger partial charge in [0.2, 0.25) is 0 Å². The second-order valence-corrected chi connectivity index (χ2v) is 5.55. The highest BCUT2D eigenvalue weighted by molar-refractivity contribution is 7.80. The van der Waals surface area contributed by atoms with E-state index in [9.17, 15) is 0 Å². The minimum atomic E-state index is 0.418. The molecule has 0 aliphatic rings. The molecule has 0 aromatic carbocycles. The van der Waals surface area contributed by atoms with Gasteiger partial charge in [-0.05, 0) is 49.8 Å². The Morgan fingerprint density at radius 1 is 1.36 bits per heavy atom. The molecule has 0 bridgehead atoms. The fraction of sp³-hybridized carbons (Fsp3) is 0.769. The highest BCUT2D eigenvalue weighted by Crippen LogP contribution is 2.33. The van der Waals surface area contributed by atoms with Crippen LogP contribution in [-0.2, 0) is 0 Å². The lowest BCUT2D eigenvalue weighted by Gasteiger charge is -2.28. The number of thiocarbonyl (C=S) groups is 1. The van der Waals surface area contributed by atoms with E-state index in [1.54, 1.807) is 0 Å². The smallest absolute Gasteiger partial charge is 0.00971 e. The fourth-order valence-electron chi connectivity index (χ4n) is 1.81. The Hall–Kier alpha value is -0.170. The normalized spacial score (nSPS) is 14.9. The van der Waals surface area contributed by atoms with Crippen molar-refractivity contribution in [3.63, 3.8) is 0 Å². The largest absolute Gasteiger partial charge is 0.100 e. The van der Waals surface area contributed by atoms with Crippen molar-refractivity contribution in [2.75, 3.05) is 0 Å². The van der Waals surface area contributed by atoms with Gasteiger partial charge >= 0.3 is 0 Å². The van der Waals surface area contributed by atoms with Crippen LogP contribution in [0.3, 0.4) is 0 Å². The molecule has 0 heterocycles. The molecular weight excluding hydrogens is 188 g/mol. The summed E-state index contributed by atoms with van der Waals surface area (Å²) < 4.78 is 0. The Morgan fingerprint density at radius 3 is 2.29 bits per heavy atom. The molecule has 82 valence electrons. The van der Waals surface area contributed by atoms with Gasteiger partial charge in [0.15, 0.2) is 0 Å². The minimum Gasteiger partial charge on any atom is -0.100 e. The third kappa shape index (κ3) is 6.31. The summed E-state index contributed by atoms with van der Waals surface area (Å²) in [7, 11) is 0. The van der Waals surface area contributed by atoms with E-state index in [1.807, 2.05) is 0 Å². The van der Waals surface area contributed by atoms with Crippen molar-refractivity contribution in [2.45, 2.75) is 59.8 Å². The Labute approximate surface area is 94.8 Å². The van der Waals surface area contributed by atoms with E-state index in [4.69, 9.17) is 12.2 Å². The first-order chi connectivity index (χ1) is 6.39. The topological polar surface area (TPSA) is 0 Å². The molecule has 0 rings (SSSR count). The average molecular weight is 212 g/mol. The molecule has 0 aromatic heterocycles. The van der Waals surface area contributed by atoms with Crippen LogP contribution in [0.4, 0.5) is 0 Å². The van der Waals surface area contributed by atoms with E-state index >= 15 is 0 Å². The van der Waals surface area contributed by atoms with Crippen molar-refractivity contribution in [3.05, 3.63) is 12.2 Å². The molecule has 0 aliphatic heterocycles. The first-order valence-corrected chi connectivity index (χ1v) is 5.94. The molecule has 0 amide bonds. The van der Waals surface area contributed by atoms with Crippen LogP contribution < -0.4 is 0 Å². The van der Waals surface area contributed by atoms with Gasteiger partial charge in [-0.3, -0.25) is 0 Å². The molecule has 0 spiro atoms. The molecule has 0 fully saturated rings. The Kier molecular flexibility index (Phi) is 6.26. The molecule has 1 unspecified atom stereocenters. The van der Waals surface area contributed by atoms with Gasteiger partial charge in [-0.2, -0.15) is 0 Å². The lowest BCUT2D eigenvalue weighted by molar-refractivity contribution is 0.290. The third-order valence-electron chi connectivity index (χ3n) is 2.91. The fourth-order valence-corrected chi connectivity index (χ4v) is 2.16. The number of rotatable bonds is 7. The van der Waals surface area contributed by atoms with E-state index in [2.05, 4.69) is 34.3 Å². The van der Waals surface area contributed by atoms with Gasteiger partial charge in [-0.15, -0.1) is 6.58 Å². The van der Waals surface area contributed by atoms with Crippen molar-refractivity contribution in [1.82, 2.24) is 0 Å². The average Bonchev–Trinajstić information content (AvgIpc) is 2.02. The summed E-state index contributed by atoms with van der Waals surface area (Å²) in [4.78, 5) is 1.14. The quantitative estimate of drug-likeness (QED) is 0.426. The van der Waals surface area contributed by atoms with Gasteiger partial charge in [0, 0.05) is 0 Å². The predicted octanol–water partition coefficient (Wildman–Crippen LogP) is 4.93. The number of hydrogen-bond donors (Lipinski definition) is 0. The van der Waals surface area contributed by atoms with Gasteiger partial charge in [0.25, 0.3) is 0 Å². The Morgan fingerprint density at radius 2 is 1.93 bits per heavy atom. The van der Waals surface area contributed by atoms with Gasteiger partial charge < -0.3 is 0 Å². The van der Waals surface area contributed by atoms with Crippen LogP contribution >= 0.6 is 12.2 Å². The van der Waals surface area contributed by atoms with Crippen molar-refractivity contribution < 1.29 is 0 Å². The number of allylic oxidation sites excluding steroid dienone is 1. The first kappa shape index (κ1) is 13.8. The molecule has 0 nitrogen and oxygen atoms in total. The second-order valence-electron chi connectivity index (χ2n) is 4.85. The molecule has 1 heteroatoms. The Balaban J connectivity index is 3.98. The Bertz CT molecular complexity index is 205. The predicted molar refractivity (Wildman–Crippen MR) is 70.0 cm³/mol. The van der Waals surface area contributed by atoms with Crippen LogP contribution in [0.5, 0.6) is 0 Å². The summed E-state index contributed by atoms with van der Waals surface area (Å²) in [5.41, 5.74) is 1.71. The third-order valence-corrected chi connectivity index (χ3v) is 3.06. The summed E-state index contributed by atoms with van der Waals surface area (Å²) in [6, 6.07) is 0. The van der Waals surface area contributed by atoms with Crippen molar-refractivity contribution in [2.24, 2.45) is 5.41 Å². The van der Waals surface area contributed by atoms with Gasteiger partial charge in [-0.25, -0.2) is 0 Å². The van der Waals surface area contributed by atoms with E-state index in [0.717, 1.165) is 17.7 Å². The maximum absolute atomic E-state index is 5.19. The minimum absolute atomic E-state index is 0.418. The van der Waals surface area contributed by atoms with E-state index in [1.165, 1.54) is 24.8 Å². The van der Waals surface area contributed by atoms with Crippen LogP contribution in [0, 0.1) is 5.41 Å². The molecule has 0 radical (unpaired) electrons. The summed E-state index contributed by atoms with van der Waals surface area (Å²) in [5.74, 6) is 0. The maximum atomic E-state index is 5.19. The van der Waals surface area contributed by atoms with Crippen LogP contribution in [0.1, 0.15) is 59.8 Å². The lowest BCUT2D eigenvalue weighted by Crippen LogP contribution is -2.18. The van der Waals surface area contributed by atoms with Gasteiger partial charge in [-0.1, -0.05) is 38.1 Å². The summed E-state index contributed by atoms with van der Waals surface area (Å²) in [6.07, 6.45) is 5.99. The number of hydrogen-bond acceptors (Lipinski definition) is 1. The molecule has 0 aliphatic carbocycles. The zero-order chi connectivity index (χ0) is 11.2. The van der Waals surface area contributed by atoms with Gasteiger partial charge in [0.1, 0.15) is 0 Å². The van der Waals surface area contributed by atoms with Gasteiger partial charge in [0.05, 0.1) is 0 Å². The van der Waals surface area contributed by atoms with Crippen LogP contribution in [0.15, 0.2) is 12.2 Å². The summed E-state index contributed by atoms with van der Waals surface area (Å²) in [6.45, 7) is 12.7. The lowest BCUT2D eigenvalue weighted by atomic mass is 9.78.